The van der Waals surface area contributed by atoms with Crippen LogP contribution in [0.2, 0.25) is 0 Å². The second-order valence-corrected chi connectivity index (χ2v) is 5.97. The van der Waals surface area contributed by atoms with Crippen molar-refractivity contribution in [1.29, 1.82) is 5.26 Å². The first kappa shape index (κ1) is 14.7. The molecule has 4 heterocycles. The van der Waals surface area contributed by atoms with E-state index in [0.29, 0.717) is 22.9 Å². The van der Waals surface area contributed by atoms with Crippen LogP contribution in [-0.2, 0) is 0 Å². The number of fused-ring (bicyclic) bond motifs is 1. The van der Waals surface area contributed by atoms with Crippen molar-refractivity contribution in [3.05, 3.63) is 36.4 Å². The van der Waals surface area contributed by atoms with E-state index in [1.54, 1.807) is 17.8 Å². The van der Waals surface area contributed by atoms with Gasteiger partial charge in [-0.3, -0.25) is 4.68 Å². The lowest BCUT2D eigenvalue weighted by atomic mass is 10.1. The maximum absolute atomic E-state index is 9.20. The number of ether oxygens (including phenoxy) is 1. The molecular formula is C17H18N6O. The molecule has 4 rings (SSSR count). The first-order valence-electron chi connectivity index (χ1n) is 8.01. The first-order valence-corrected chi connectivity index (χ1v) is 8.01. The minimum absolute atomic E-state index is 0.396. The summed E-state index contributed by atoms with van der Waals surface area (Å²) < 4.78 is 9.18. The van der Waals surface area contributed by atoms with Crippen LogP contribution in [-0.4, -0.2) is 39.6 Å². The van der Waals surface area contributed by atoms with Crippen molar-refractivity contribution >= 4 is 5.52 Å². The Bertz CT molecular complexity index is 913. The summed E-state index contributed by atoms with van der Waals surface area (Å²) in [6.07, 6.45) is 9.69. The Morgan fingerprint density at radius 1 is 1.29 bits per heavy atom. The molecule has 1 aliphatic heterocycles. The minimum Gasteiger partial charge on any atom is -0.494 e. The van der Waals surface area contributed by atoms with Gasteiger partial charge in [-0.1, -0.05) is 0 Å². The Kier molecular flexibility index (Phi) is 3.67. The molecule has 0 spiro atoms. The summed E-state index contributed by atoms with van der Waals surface area (Å²) in [5.74, 6) is 0.633. The normalized spacial score (nSPS) is 17.8. The Hall–Kier alpha value is -2.85. The van der Waals surface area contributed by atoms with Gasteiger partial charge in [-0.25, -0.2) is 4.52 Å². The van der Waals surface area contributed by atoms with Crippen LogP contribution in [0, 0.1) is 11.3 Å². The van der Waals surface area contributed by atoms with Crippen LogP contribution in [0.15, 0.2) is 30.9 Å². The highest BCUT2D eigenvalue weighted by Crippen LogP contribution is 2.30. The Morgan fingerprint density at radius 2 is 2.21 bits per heavy atom. The van der Waals surface area contributed by atoms with E-state index in [1.807, 2.05) is 23.1 Å². The molecule has 3 aromatic heterocycles. The predicted octanol–water partition coefficient (Wildman–Crippen LogP) is 2.00. The van der Waals surface area contributed by atoms with Crippen LogP contribution < -0.4 is 10.1 Å². The second kappa shape index (κ2) is 5.98. The fraction of sp³-hybridized carbons (Fsp3) is 0.353. The molecule has 0 bridgehead atoms. The van der Waals surface area contributed by atoms with Crippen LogP contribution in [0.3, 0.4) is 0 Å². The molecule has 0 saturated carbocycles. The summed E-state index contributed by atoms with van der Waals surface area (Å²) in [5.41, 5.74) is 3.16. The van der Waals surface area contributed by atoms with E-state index in [9.17, 15) is 5.26 Å². The summed E-state index contributed by atoms with van der Waals surface area (Å²) in [4.78, 5) is 0. The van der Waals surface area contributed by atoms with E-state index in [0.717, 1.165) is 30.6 Å². The lowest BCUT2D eigenvalue weighted by Gasteiger charge is -2.22. The van der Waals surface area contributed by atoms with Crippen molar-refractivity contribution in [1.82, 2.24) is 24.7 Å². The van der Waals surface area contributed by atoms with Crippen LogP contribution >= 0.6 is 0 Å². The minimum atomic E-state index is 0.396. The van der Waals surface area contributed by atoms with E-state index in [2.05, 4.69) is 27.8 Å². The van der Waals surface area contributed by atoms with Crippen molar-refractivity contribution in [2.45, 2.75) is 18.9 Å². The number of hydrogen-bond donors (Lipinski definition) is 1. The van der Waals surface area contributed by atoms with Crippen LogP contribution in [0.25, 0.3) is 16.6 Å². The smallest absolute Gasteiger partial charge is 0.146 e. The van der Waals surface area contributed by atoms with Crippen LogP contribution in [0.5, 0.6) is 5.75 Å². The average Bonchev–Trinajstić information content (AvgIpc) is 3.28. The Labute approximate surface area is 139 Å². The van der Waals surface area contributed by atoms with E-state index in [-0.39, 0.29) is 0 Å². The topological polar surface area (TPSA) is 80.2 Å². The maximum Gasteiger partial charge on any atom is 0.146 e. The molecule has 1 aliphatic rings. The number of methoxy groups -OCH3 is 1. The van der Waals surface area contributed by atoms with E-state index in [1.165, 1.54) is 6.42 Å². The van der Waals surface area contributed by atoms with Crippen molar-refractivity contribution in [3.8, 4) is 22.9 Å². The molecule has 1 fully saturated rings. The van der Waals surface area contributed by atoms with E-state index < -0.39 is 0 Å². The van der Waals surface area contributed by atoms with Crippen molar-refractivity contribution < 1.29 is 4.74 Å². The highest BCUT2D eigenvalue weighted by atomic mass is 16.5. The molecule has 0 amide bonds. The summed E-state index contributed by atoms with van der Waals surface area (Å²) in [6, 6.07) is 4.47. The molecule has 24 heavy (non-hydrogen) atoms. The summed E-state index contributed by atoms with van der Waals surface area (Å²) in [7, 11) is 1.60. The highest BCUT2D eigenvalue weighted by molar-refractivity contribution is 5.74. The number of hydrogen-bond acceptors (Lipinski definition) is 5. The first-order chi connectivity index (χ1) is 11.8. The molecule has 0 aromatic carbocycles. The third-order valence-electron chi connectivity index (χ3n) is 4.50. The van der Waals surface area contributed by atoms with Gasteiger partial charge in [-0.15, -0.1) is 0 Å². The van der Waals surface area contributed by atoms with Gasteiger partial charge < -0.3 is 10.1 Å². The third kappa shape index (κ3) is 2.41. The van der Waals surface area contributed by atoms with Crippen molar-refractivity contribution in [2.24, 2.45) is 0 Å². The standard InChI is InChI=1S/C17H18N6O/c1-24-16-5-12(10-23-17(16)13(6-18)7-21-23)14-8-20-22(11-14)15-3-2-4-19-9-15/h5,7-8,10-11,15,19H,2-4,9H2,1H3. The number of nitriles is 1. The highest BCUT2D eigenvalue weighted by Gasteiger charge is 2.17. The van der Waals surface area contributed by atoms with Gasteiger partial charge in [0.25, 0.3) is 0 Å². The number of piperidine rings is 1. The molecule has 1 saturated heterocycles. The SMILES string of the molecule is COc1cc(-c2cnn(C3CCCNC3)c2)cn2ncc(C#N)c12. The molecule has 0 aliphatic carbocycles. The second-order valence-electron chi connectivity index (χ2n) is 5.97. The van der Waals surface area contributed by atoms with Crippen molar-refractivity contribution in [3.63, 3.8) is 0 Å². The molecular weight excluding hydrogens is 304 g/mol. The summed E-state index contributed by atoms with van der Waals surface area (Å²) >= 11 is 0. The van der Waals surface area contributed by atoms with Gasteiger partial charge in [0.2, 0.25) is 0 Å². The summed E-state index contributed by atoms with van der Waals surface area (Å²) in [5, 5.41) is 21.4. The zero-order chi connectivity index (χ0) is 16.5. The fourth-order valence-electron chi connectivity index (χ4n) is 3.23. The van der Waals surface area contributed by atoms with Gasteiger partial charge in [-0.05, 0) is 25.5 Å². The fourth-order valence-corrected chi connectivity index (χ4v) is 3.23. The maximum atomic E-state index is 9.20. The quantitative estimate of drug-likeness (QED) is 0.798. The largest absolute Gasteiger partial charge is 0.494 e. The lowest BCUT2D eigenvalue weighted by molar-refractivity contribution is 0.347. The molecule has 1 unspecified atom stereocenters. The Morgan fingerprint density at radius 3 is 2.96 bits per heavy atom. The number of nitrogens with zero attached hydrogens (tertiary/aromatic N) is 5. The third-order valence-corrected chi connectivity index (χ3v) is 4.50. The van der Waals surface area contributed by atoms with Gasteiger partial charge in [0.15, 0.2) is 0 Å². The molecule has 7 heteroatoms. The molecule has 0 radical (unpaired) electrons. The number of aromatic nitrogens is 4. The molecule has 3 aromatic rings. The molecule has 122 valence electrons. The predicted molar refractivity (Wildman–Crippen MR) is 88.8 cm³/mol. The molecule has 7 nitrogen and oxygen atoms in total. The lowest BCUT2D eigenvalue weighted by Crippen LogP contribution is -2.31. The number of nitrogens with one attached hydrogen (secondary N) is 1. The number of pyridine rings is 1. The van der Waals surface area contributed by atoms with Gasteiger partial charge in [0.1, 0.15) is 22.9 Å². The molecule has 1 N–H and O–H groups in total. The van der Waals surface area contributed by atoms with Crippen LogP contribution in [0.1, 0.15) is 24.4 Å². The van der Waals surface area contributed by atoms with E-state index in [4.69, 9.17) is 4.74 Å². The van der Waals surface area contributed by atoms with Gasteiger partial charge in [0.05, 0.1) is 25.5 Å². The van der Waals surface area contributed by atoms with Crippen molar-refractivity contribution in [2.75, 3.05) is 20.2 Å². The zero-order valence-corrected chi connectivity index (χ0v) is 13.4. The Balaban J connectivity index is 1.74. The van der Waals surface area contributed by atoms with E-state index >= 15 is 0 Å². The molecule has 1 atom stereocenters. The average molecular weight is 322 g/mol. The van der Waals surface area contributed by atoms with Gasteiger partial charge >= 0.3 is 0 Å². The van der Waals surface area contributed by atoms with Crippen LogP contribution in [0.4, 0.5) is 0 Å². The van der Waals surface area contributed by atoms with Gasteiger partial charge in [0, 0.05) is 30.1 Å². The summed E-state index contributed by atoms with van der Waals surface area (Å²) in [6.45, 7) is 2.03. The zero-order valence-electron chi connectivity index (χ0n) is 13.4. The monoisotopic (exact) mass is 322 g/mol. The number of rotatable bonds is 3. The van der Waals surface area contributed by atoms with Gasteiger partial charge in [-0.2, -0.15) is 15.5 Å².